The van der Waals surface area contributed by atoms with Gasteiger partial charge in [0.05, 0.1) is 23.6 Å². The van der Waals surface area contributed by atoms with E-state index in [4.69, 9.17) is 0 Å². The van der Waals surface area contributed by atoms with E-state index in [0.717, 1.165) is 34.0 Å². The van der Waals surface area contributed by atoms with E-state index in [2.05, 4.69) is 63.4 Å². The first-order valence-electron chi connectivity index (χ1n) is 8.85. The summed E-state index contributed by atoms with van der Waals surface area (Å²) in [4.78, 5) is 17.9. The van der Waals surface area contributed by atoms with E-state index in [-0.39, 0.29) is 0 Å². The topological polar surface area (TPSA) is 63.1 Å². The molecule has 2 aromatic heterocycles. The van der Waals surface area contributed by atoms with Gasteiger partial charge in [-0.25, -0.2) is 9.97 Å². The molecule has 26 heavy (non-hydrogen) atoms. The molecule has 1 aliphatic heterocycles. The van der Waals surface area contributed by atoms with Crippen molar-refractivity contribution >= 4 is 11.5 Å². The summed E-state index contributed by atoms with van der Waals surface area (Å²) in [5.74, 6) is 1.25. The molecule has 0 spiro atoms. The van der Waals surface area contributed by atoms with Crippen LogP contribution in [0.25, 0.3) is 11.3 Å². The first kappa shape index (κ1) is 16.4. The number of nitrogens with one attached hydrogen (secondary N) is 1. The zero-order valence-electron chi connectivity index (χ0n) is 15.0. The van der Waals surface area contributed by atoms with E-state index in [9.17, 15) is 0 Å². The van der Waals surface area contributed by atoms with Gasteiger partial charge in [-0.1, -0.05) is 44.2 Å². The van der Waals surface area contributed by atoms with Crippen LogP contribution in [0.3, 0.4) is 0 Å². The van der Waals surface area contributed by atoms with E-state index in [1.54, 1.807) is 6.33 Å². The van der Waals surface area contributed by atoms with Crippen LogP contribution < -0.4 is 5.32 Å². The van der Waals surface area contributed by atoms with Crippen molar-refractivity contribution < 1.29 is 0 Å². The quantitative estimate of drug-likeness (QED) is 0.757. The molecule has 0 radical (unpaired) electrons. The largest absolute Gasteiger partial charge is 0.366 e. The van der Waals surface area contributed by atoms with Crippen molar-refractivity contribution in [3.8, 4) is 11.3 Å². The van der Waals surface area contributed by atoms with Crippen LogP contribution in [-0.4, -0.2) is 20.7 Å². The Morgan fingerprint density at radius 2 is 1.85 bits per heavy atom. The number of pyridine rings is 1. The number of anilines is 1. The second-order valence-electron chi connectivity index (χ2n) is 6.67. The molecular formula is C21H21N5. The maximum Gasteiger partial charge on any atom is 0.135 e. The van der Waals surface area contributed by atoms with Crippen LogP contribution in [0.2, 0.25) is 0 Å². The Labute approximate surface area is 153 Å². The first-order valence-corrected chi connectivity index (χ1v) is 8.85. The van der Waals surface area contributed by atoms with Crippen molar-refractivity contribution in [2.75, 3.05) is 5.32 Å². The molecule has 1 aromatic carbocycles. The SMILES string of the molecule is CC(C)C1=NCc2c(NCc3ccc(-c4ccccn4)cc3)ncnc21. The van der Waals surface area contributed by atoms with Gasteiger partial charge < -0.3 is 5.32 Å². The van der Waals surface area contributed by atoms with Crippen LogP contribution in [0.1, 0.15) is 30.7 Å². The third kappa shape index (κ3) is 3.20. The van der Waals surface area contributed by atoms with Gasteiger partial charge in [-0.2, -0.15) is 0 Å². The lowest BCUT2D eigenvalue weighted by atomic mass is 10.0. The highest BCUT2D eigenvalue weighted by atomic mass is 15.0. The lowest BCUT2D eigenvalue weighted by Crippen LogP contribution is -2.11. The minimum Gasteiger partial charge on any atom is -0.366 e. The smallest absolute Gasteiger partial charge is 0.135 e. The van der Waals surface area contributed by atoms with Crippen LogP contribution in [0.5, 0.6) is 0 Å². The average Bonchev–Trinajstić information content (AvgIpc) is 3.12. The van der Waals surface area contributed by atoms with E-state index in [0.29, 0.717) is 19.0 Å². The fourth-order valence-corrected chi connectivity index (χ4v) is 3.14. The third-order valence-electron chi connectivity index (χ3n) is 4.52. The first-order chi connectivity index (χ1) is 12.7. The molecule has 0 unspecified atom stereocenters. The minimum atomic E-state index is 0.373. The lowest BCUT2D eigenvalue weighted by molar-refractivity contribution is 0.878. The summed E-state index contributed by atoms with van der Waals surface area (Å²) in [5.41, 5.74) is 6.46. The van der Waals surface area contributed by atoms with Crippen LogP contribution in [0.15, 0.2) is 60.0 Å². The van der Waals surface area contributed by atoms with Crippen LogP contribution in [0, 0.1) is 5.92 Å². The van der Waals surface area contributed by atoms with Gasteiger partial charge in [0.1, 0.15) is 12.1 Å². The van der Waals surface area contributed by atoms with E-state index in [1.165, 1.54) is 5.56 Å². The predicted octanol–water partition coefficient (Wildman–Crippen LogP) is 4.11. The lowest BCUT2D eigenvalue weighted by Gasteiger charge is -2.11. The Kier molecular flexibility index (Phi) is 4.44. The summed E-state index contributed by atoms with van der Waals surface area (Å²) in [7, 11) is 0. The van der Waals surface area contributed by atoms with Gasteiger partial charge in [-0.3, -0.25) is 9.98 Å². The number of rotatable bonds is 5. The monoisotopic (exact) mass is 343 g/mol. The highest BCUT2D eigenvalue weighted by Gasteiger charge is 2.23. The molecule has 5 nitrogen and oxygen atoms in total. The number of aliphatic imine (C=N–C) groups is 1. The molecule has 5 heteroatoms. The Bertz CT molecular complexity index is 930. The third-order valence-corrected chi connectivity index (χ3v) is 4.52. The second kappa shape index (κ2) is 7.04. The van der Waals surface area contributed by atoms with E-state index in [1.807, 2.05) is 24.4 Å². The molecule has 0 bridgehead atoms. The Morgan fingerprint density at radius 1 is 1.00 bits per heavy atom. The molecule has 0 atom stereocenters. The van der Waals surface area contributed by atoms with Crippen molar-refractivity contribution in [1.29, 1.82) is 0 Å². The highest BCUT2D eigenvalue weighted by molar-refractivity contribution is 6.04. The number of benzene rings is 1. The molecular weight excluding hydrogens is 322 g/mol. The average molecular weight is 343 g/mol. The molecule has 130 valence electrons. The molecule has 0 saturated carbocycles. The minimum absolute atomic E-state index is 0.373. The zero-order chi connectivity index (χ0) is 17.9. The molecule has 4 rings (SSSR count). The predicted molar refractivity (Wildman–Crippen MR) is 104 cm³/mol. The summed E-state index contributed by atoms with van der Waals surface area (Å²) >= 11 is 0. The summed E-state index contributed by atoms with van der Waals surface area (Å²) < 4.78 is 0. The molecule has 1 N–H and O–H groups in total. The number of hydrogen-bond acceptors (Lipinski definition) is 5. The molecule has 3 heterocycles. The molecule has 0 amide bonds. The zero-order valence-corrected chi connectivity index (χ0v) is 15.0. The van der Waals surface area contributed by atoms with Crippen LogP contribution in [0.4, 0.5) is 5.82 Å². The number of nitrogens with zero attached hydrogens (tertiary/aromatic N) is 4. The van der Waals surface area contributed by atoms with Gasteiger partial charge in [0.25, 0.3) is 0 Å². The molecule has 0 fully saturated rings. The number of hydrogen-bond donors (Lipinski definition) is 1. The highest BCUT2D eigenvalue weighted by Crippen LogP contribution is 2.26. The van der Waals surface area contributed by atoms with Crippen molar-refractivity contribution in [2.24, 2.45) is 10.9 Å². The Morgan fingerprint density at radius 3 is 2.58 bits per heavy atom. The summed E-state index contributed by atoms with van der Waals surface area (Å²) in [6, 6.07) is 14.4. The Balaban J connectivity index is 1.47. The molecule has 0 saturated heterocycles. The van der Waals surface area contributed by atoms with Crippen molar-refractivity contribution in [2.45, 2.75) is 26.9 Å². The van der Waals surface area contributed by atoms with Crippen molar-refractivity contribution in [3.05, 3.63) is 71.8 Å². The standard InChI is InChI=1S/C21H21N5/c1-14(2)19-20-17(12-23-19)21(26-13-25-20)24-11-15-6-8-16(9-7-15)18-5-3-4-10-22-18/h3-10,13-14H,11-12H2,1-2H3,(H,24,25,26). The summed E-state index contributed by atoms with van der Waals surface area (Å²) in [5, 5.41) is 3.44. The van der Waals surface area contributed by atoms with Gasteiger partial charge in [-0.15, -0.1) is 0 Å². The van der Waals surface area contributed by atoms with Crippen molar-refractivity contribution in [3.63, 3.8) is 0 Å². The van der Waals surface area contributed by atoms with E-state index >= 15 is 0 Å². The van der Waals surface area contributed by atoms with Gasteiger partial charge in [-0.05, 0) is 23.6 Å². The van der Waals surface area contributed by atoms with Gasteiger partial charge in [0, 0.05) is 23.9 Å². The van der Waals surface area contributed by atoms with Gasteiger partial charge >= 0.3 is 0 Å². The Hall–Kier alpha value is -3.08. The maximum atomic E-state index is 4.63. The van der Waals surface area contributed by atoms with Crippen LogP contribution >= 0.6 is 0 Å². The summed E-state index contributed by atoms with van der Waals surface area (Å²) in [6.45, 7) is 5.66. The normalized spacial score (nSPS) is 12.8. The molecule has 3 aromatic rings. The molecule has 1 aliphatic rings. The fraction of sp³-hybridized carbons (Fsp3) is 0.238. The second-order valence-corrected chi connectivity index (χ2v) is 6.67. The van der Waals surface area contributed by atoms with Crippen molar-refractivity contribution in [1.82, 2.24) is 15.0 Å². The van der Waals surface area contributed by atoms with Gasteiger partial charge in [0.15, 0.2) is 0 Å². The fourth-order valence-electron chi connectivity index (χ4n) is 3.14. The number of aromatic nitrogens is 3. The van der Waals surface area contributed by atoms with Crippen LogP contribution in [-0.2, 0) is 13.1 Å². The van der Waals surface area contributed by atoms with Gasteiger partial charge in [0.2, 0.25) is 0 Å². The number of fused-ring (bicyclic) bond motifs is 1. The summed E-state index contributed by atoms with van der Waals surface area (Å²) in [6.07, 6.45) is 3.43. The van der Waals surface area contributed by atoms with E-state index < -0.39 is 0 Å². The maximum absolute atomic E-state index is 4.63. The molecule has 0 aliphatic carbocycles.